The number of carbonyl (C=O) groups is 1. The minimum absolute atomic E-state index is 0.181. The monoisotopic (exact) mass is 301 g/mol. The first-order chi connectivity index (χ1) is 10.2. The second-order valence-corrected chi connectivity index (χ2v) is 7.20. The molecule has 4 rings (SSSR count). The van der Waals surface area contributed by atoms with Gasteiger partial charge in [0, 0.05) is 18.2 Å². The van der Waals surface area contributed by atoms with Crippen molar-refractivity contribution in [1.29, 1.82) is 0 Å². The van der Waals surface area contributed by atoms with Gasteiger partial charge < -0.3 is 10.6 Å². The lowest BCUT2D eigenvalue weighted by molar-refractivity contribution is 0.0548. The van der Waals surface area contributed by atoms with Crippen molar-refractivity contribution >= 4 is 32.6 Å². The summed E-state index contributed by atoms with van der Waals surface area (Å²) in [4.78, 5) is 19.2. The number of rotatable bonds is 1. The molecule has 1 aromatic carbocycles. The molecule has 1 aliphatic carbocycles. The number of likely N-dealkylation sites (tertiary alicyclic amines) is 1. The van der Waals surface area contributed by atoms with Gasteiger partial charge in [0.05, 0.1) is 10.2 Å². The molecule has 110 valence electrons. The van der Waals surface area contributed by atoms with Crippen LogP contribution in [0.5, 0.6) is 0 Å². The molecule has 0 spiro atoms. The topological polar surface area (TPSA) is 59.2 Å². The van der Waals surface area contributed by atoms with Crippen LogP contribution < -0.4 is 5.73 Å². The van der Waals surface area contributed by atoms with Gasteiger partial charge in [0.15, 0.2) is 5.13 Å². The number of hydrogen-bond donors (Lipinski definition) is 1. The van der Waals surface area contributed by atoms with Crippen molar-refractivity contribution in [3.05, 3.63) is 23.8 Å². The van der Waals surface area contributed by atoms with Gasteiger partial charge in [-0.15, -0.1) is 0 Å². The SMILES string of the molecule is Nc1nc2ccc(C(=O)N3CCCC4CCCC43)cc2s1. The van der Waals surface area contributed by atoms with Crippen molar-refractivity contribution in [2.45, 2.75) is 38.1 Å². The maximum absolute atomic E-state index is 12.9. The van der Waals surface area contributed by atoms with Crippen molar-refractivity contribution < 1.29 is 4.79 Å². The van der Waals surface area contributed by atoms with Crippen LogP contribution in [0.3, 0.4) is 0 Å². The van der Waals surface area contributed by atoms with E-state index in [0.29, 0.717) is 11.2 Å². The molecule has 0 bridgehead atoms. The van der Waals surface area contributed by atoms with Crippen LogP contribution in [0.2, 0.25) is 0 Å². The van der Waals surface area contributed by atoms with Crippen molar-refractivity contribution in [2.24, 2.45) is 5.92 Å². The second-order valence-electron chi connectivity index (χ2n) is 6.13. The molecule has 1 saturated heterocycles. The number of hydrogen-bond acceptors (Lipinski definition) is 4. The Bertz CT molecular complexity index is 696. The molecule has 1 aliphatic heterocycles. The molecule has 2 heterocycles. The van der Waals surface area contributed by atoms with Gasteiger partial charge in [-0.2, -0.15) is 0 Å². The largest absolute Gasteiger partial charge is 0.375 e. The minimum atomic E-state index is 0.181. The van der Waals surface area contributed by atoms with Gasteiger partial charge in [0.1, 0.15) is 0 Å². The maximum atomic E-state index is 12.9. The Labute approximate surface area is 128 Å². The van der Waals surface area contributed by atoms with Crippen LogP contribution in [0.15, 0.2) is 18.2 Å². The van der Waals surface area contributed by atoms with E-state index in [2.05, 4.69) is 9.88 Å². The molecule has 2 aliphatic rings. The van der Waals surface area contributed by atoms with Crippen molar-refractivity contribution in [3.8, 4) is 0 Å². The predicted molar refractivity (Wildman–Crippen MR) is 85.4 cm³/mol. The summed E-state index contributed by atoms with van der Waals surface area (Å²) in [6, 6.07) is 6.21. The third-order valence-corrected chi connectivity index (χ3v) is 5.75. The van der Waals surface area contributed by atoms with Crippen molar-refractivity contribution in [2.75, 3.05) is 12.3 Å². The summed E-state index contributed by atoms with van der Waals surface area (Å²) >= 11 is 1.45. The van der Waals surface area contributed by atoms with Crippen molar-refractivity contribution in [3.63, 3.8) is 0 Å². The summed E-state index contributed by atoms with van der Waals surface area (Å²) in [7, 11) is 0. The molecule has 1 amide bonds. The van der Waals surface area contributed by atoms with Gasteiger partial charge in [-0.05, 0) is 49.8 Å². The molecule has 1 saturated carbocycles. The van der Waals surface area contributed by atoms with Crippen LogP contribution in [-0.4, -0.2) is 28.4 Å². The van der Waals surface area contributed by atoms with Gasteiger partial charge in [0.2, 0.25) is 0 Å². The molecule has 2 N–H and O–H groups in total. The van der Waals surface area contributed by atoms with Crippen LogP contribution in [0.4, 0.5) is 5.13 Å². The molecule has 2 fully saturated rings. The van der Waals surface area contributed by atoms with E-state index in [1.165, 1.54) is 37.0 Å². The Morgan fingerprint density at radius 3 is 3.05 bits per heavy atom. The summed E-state index contributed by atoms with van der Waals surface area (Å²) in [5.74, 6) is 0.908. The molecular weight excluding hydrogens is 282 g/mol. The Morgan fingerprint density at radius 1 is 1.29 bits per heavy atom. The van der Waals surface area contributed by atoms with Crippen LogP contribution in [0.25, 0.3) is 10.2 Å². The minimum Gasteiger partial charge on any atom is -0.375 e. The summed E-state index contributed by atoms with van der Waals surface area (Å²) in [6.07, 6.45) is 6.16. The van der Waals surface area contributed by atoms with E-state index in [9.17, 15) is 4.79 Å². The van der Waals surface area contributed by atoms with E-state index in [-0.39, 0.29) is 5.91 Å². The zero-order valence-corrected chi connectivity index (χ0v) is 12.7. The quantitative estimate of drug-likeness (QED) is 0.879. The smallest absolute Gasteiger partial charge is 0.254 e. The van der Waals surface area contributed by atoms with Crippen LogP contribution in [-0.2, 0) is 0 Å². The summed E-state index contributed by atoms with van der Waals surface area (Å²) in [6.45, 7) is 0.906. The maximum Gasteiger partial charge on any atom is 0.254 e. The molecule has 5 heteroatoms. The lowest BCUT2D eigenvalue weighted by Crippen LogP contribution is -2.46. The number of amides is 1. The number of nitrogen functional groups attached to an aromatic ring is 1. The zero-order chi connectivity index (χ0) is 14.4. The van der Waals surface area contributed by atoms with Gasteiger partial charge in [-0.25, -0.2) is 4.98 Å². The standard InChI is InChI=1S/C16H19N3OS/c17-16-18-12-7-6-11(9-14(12)21-16)15(20)19-8-2-4-10-3-1-5-13(10)19/h6-7,9-10,13H,1-5,8H2,(H2,17,18). The van der Waals surface area contributed by atoms with Crippen molar-refractivity contribution in [1.82, 2.24) is 9.88 Å². The third-order valence-electron chi connectivity index (χ3n) is 4.91. The number of fused-ring (bicyclic) bond motifs is 2. The van der Waals surface area contributed by atoms with Gasteiger partial charge in [0.25, 0.3) is 5.91 Å². The molecule has 4 nitrogen and oxygen atoms in total. The number of nitrogens with two attached hydrogens (primary N) is 1. The number of benzene rings is 1. The van der Waals surface area contributed by atoms with Crippen LogP contribution in [0.1, 0.15) is 42.5 Å². The number of thiazole rings is 1. The fourth-order valence-electron chi connectivity index (χ4n) is 3.95. The Kier molecular flexibility index (Phi) is 3.10. The number of aromatic nitrogens is 1. The molecule has 2 unspecified atom stereocenters. The third kappa shape index (κ3) is 2.20. The van der Waals surface area contributed by atoms with E-state index >= 15 is 0 Å². The highest BCUT2D eigenvalue weighted by Crippen LogP contribution is 2.37. The molecule has 2 aromatic rings. The van der Waals surface area contributed by atoms with E-state index in [4.69, 9.17) is 5.73 Å². The highest BCUT2D eigenvalue weighted by Gasteiger charge is 2.37. The molecular formula is C16H19N3OS. The van der Waals surface area contributed by atoms with Gasteiger partial charge in [-0.3, -0.25) is 4.79 Å². The first-order valence-corrected chi connectivity index (χ1v) is 8.51. The number of nitrogens with zero attached hydrogens (tertiary/aromatic N) is 2. The summed E-state index contributed by atoms with van der Waals surface area (Å²) in [5.41, 5.74) is 7.40. The summed E-state index contributed by atoms with van der Waals surface area (Å²) in [5, 5.41) is 0.559. The highest BCUT2D eigenvalue weighted by molar-refractivity contribution is 7.22. The first kappa shape index (κ1) is 13.1. The fourth-order valence-corrected chi connectivity index (χ4v) is 4.72. The number of anilines is 1. The Balaban J connectivity index is 1.65. The first-order valence-electron chi connectivity index (χ1n) is 7.69. The Morgan fingerprint density at radius 2 is 2.14 bits per heavy atom. The lowest BCUT2D eigenvalue weighted by Gasteiger charge is -2.37. The molecule has 21 heavy (non-hydrogen) atoms. The average Bonchev–Trinajstić information content (AvgIpc) is 3.09. The van der Waals surface area contributed by atoms with E-state index in [0.717, 1.165) is 34.7 Å². The molecule has 0 radical (unpaired) electrons. The highest BCUT2D eigenvalue weighted by atomic mass is 32.1. The van der Waals surface area contributed by atoms with Gasteiger partial charge >= 0.3 is 0 Å². The average molecular weight is 301 g/mol. The number of carbonyl (C=O) groups excluding carboxylic acids is 1. The van der Waals surface area contributed by atoms with Crippen LogP contribution in [0, 0.1) is 5.92 Å². The number of piperidine rings is 1. The normalized spacial score (nSPS) is 25.2. The fraction of sp³-hybridized carbons (Fsp3) is 0.500. The predicted octanol–water partition coefficient (Wildman–Crippen LogP) is 3.28. The molecule has 1 aromatic heterocycles. The summed E-state index contributed by atoms with van der Waals surface area (Å²) < 4.78 is 0.998. The van der Waals surface area contributed by atoms with E-state index in [1.807, 2.05) is 18.2 Å². The second kappa shape index (κ2) is 4.98. The van der Waals surface area contributed by atoms with E-state index < -0.39 is 0 Å². The Hall–Kier alpha value is -1.62. The lowest BCUT2D eigenvalue weighted by atomic mass is 9.91. The zero-order valence-electron chi connectivity index (χ0n) is 11.9. The van der Waals surface area contributed by atoms with E-state index in [1.54, 1.807) is 0 Å². The van der Waals surface area contributed by atoms with Crippen LogP contribution >= 0.6 is 11.3 Å². The molecule has 2 atom stereocenters. The van der Waals surface area contributed by atoms with Gasteiger partial charge in [-0.1, -0.05) is 17.8 Å².